The number of nitrogens with one attached hydrogen (secondary N) is 1. The van der Waals surface area contributed by atoms with E-state index in [2.05, 4.69) is 5.32 Å². The van der Waals surface area contributed by atoms with Gasteiger partial charge in [0.15, 0.2) is 0 Å². The van der Waals surface area contributed by atoms with Crippen LogP contribution in [0.2, 0.25) is 0 Å². The number of carbonyl (C=O) groups excluding carboxylic acids is 1. The Kier molecular flexibility index (Phi) is 5.66. The van der Waals surface area contributed by atoms with Crippen LogP contribution in [-0.2, 0) is 4.79 Å². The third-order valence-electron chi connectivity index (χ3n) is 2.36. The Labute approximate surface area is 109 Å². The van der Waals surface area contributed by atoms with Gasteiger partial charge in [-0.2, -0.15) is 13.2 Å². The van der Waals surface area contributed by atoms with Crippen molar-refractivity contribution in [3.8, 4) is 5.75 Å². The van der Waals surface area contributed by atoms with Gasteiger partial charge >= 0.3 is 6.18 Å². The normalized spacial score (nSPS) is 11.2. The van der Waals surface area contributed by atoms with E-state index in [-0.39, 0.29) is 6.54 Å². The molecule has 6 heteroatoms. The van der Waals surface area contributed by atoms with Crippen LogP contribution in [0, 0.1) is 6.92 Å². The fourth-order valence-corrected chi connectivity index (χ4v) is 1.45. The van der Waals surface area contributed by atoms with Crippen molar-refractivity contribution in [1.82, 2.24) is 5.32 Å². The number of aryl methyl sites for hydroxylation is 1. The lowest BCUT2D eigenvalue weighted by Crippen LogP contribution is -2.29. The summed E-state index contributed by atoms with van der Waals surface area (Å²) in [7, 11) is 0. The van der Waals surface area contributed by atoms with E-state index in [4.69, 9.17) is 4.74 Å². The van der Waals surface area contributed by atoms with Crippen LogP contribution < -0.4 is 10.1 Å². The number of alkyl halides is 3. The second-order valence-corrected chi connectivity index (χ2v) is 4.11. The largest absolute Gasteiger partial charge is 0.493 e. The summed E-state index contributed by atoms with van der Waals surface area (Å²) in [4.78, 5) is 10.9. The molecule has 0 fully saturated rings. The fraction of sp³-hybridized carbons (Fsp3) is 0.462. The van der Waals surface area contributed by atoms with E-state index in [9.17, 15) is 18.0 Å². The summed E-state index contributed by atoms with van der Waals surface area (Å²) in [5.41, 5.74) is 0.989. The predicted molar refractivity (Wildman–Crippen MR) is 65.0 cm³/mol. The first kappa shape index (κ1) is 15.3. The average Bonchev–Trinajstić information content (AvgIpc) is 2.28. The molecule has 0 spiro atoms. The van der Waals surface area contributed by atoms with Gasteiger partial charge in [-0.1, -0.05) is 18.2 Å². The number of benzene rings is 1. The standard InChI is InChI=1S/C13H16F3NO2/c1-10-5-2-3-6-11(10)19-8-4-7-17-12(18)9-13(14,15)16/h2-3,5-6H,4,7-9H2,1H3,(H,17,18). The lowest BCUT2D eigenvalue weighted by molar-refractivity contribution is -0.153. The minimum Gasteiger partial charge on any atom is -0.493 e. The number of rotatable bonds is 6. The van der Waals surface area contributed by atoms with E-state index in [1.165, 1.54) is 0 Å². The first-order valence-corrected chi connectivity index (χ1v) is 5.90. The van der Waals surface area contributed by atoms with Gasteiger partial charge in [-0.15, -0.1) is 0 Å². The number of para-hydroxylation sites is 1. The molecule has 0 saturated carbocycles. The van der Waals surface area contributed by atoms with E-state index >= 15 is 0 Å². The quantitative estimate of drug-likeness (QED) is 0.811. The highest BCUT2D eigenvalue weighted by molar-refractivity contribution is 5.76. The van der Waals surface area contributed by atoms with Crippen molar-refractivity contribution >= 4 is 5.91 Å². The summed E-state index contributed by atoms with van der Waals surface area (Å²) >= 11 is 0. The average molecular weight is 275 g/mol. The molecule has 0 radical (unpaired) electrons. The van der Waals surface area contributed by atoms with Gasteiger partial charge < -0.3 is 10.1 Å². The summed E-state index contributed by atoms with van der Waals surface area (Å²) in [6.07, 6.45) is -5.44. The third-order valence-corrected chi connectivity index (χ3v) is 2.36. The summed E-state index contributed by atoms with van der Waals surface area (Å²) in [5, 5.41) is 2.20. The van der Waals surface area contributed by atoms with Crippen molar-refractivity contribution in [2.45, 2.75) is 25.9 Å². The minimum absolute atomic E-state index is 0.167. The molecular weight excluding hydrogens is 259 g/mol. The Morgan fingerprint density at radius 2 is 2.00 bits per heavy atom. The van der Waals surface area contributed by atoms with Crippen molar-refractivity contribution in [2.75, 3.05) is 13.2 Å². The zero-order chi connectivity index (χ0) is 14.3. The molecule has 0 aliphatic rings. The summed E-state index contributed by atoms with van der Waals surface area (Å²) in [6.45, 7) is 2.42. The van der Waals surface area contributed by atoms with Gasteiger partial charge in [0.2, 0.25) is 5.91 Å². The van der Waals surface area contributed by atoms with E-state index in [0.717, 1.165) is 11.3 Å². The molecule has 1 aromatic carbocycles. The summed E-state index contributed by atoms with van der Waals surface area (Å²) in [5.74, 6) is -0.271. The van der Waals surface area contributed by atoms with Crippen LogP contribution in [0.4, 0.5) is 13.2 Å². The number of hydrogen-bond acceptors (Lipinski definition) is 2. The van der Waals surface area contributed by atoms with E-state index in [0.29, 0.717) is 13.0 Å². The predicted octanol–water partition coefficient (Wildman–Crippen LogP) is 2.83. The van der Waals surface area contributed by atoms with Crippen molar-refractivity contribution in [3.05, 3.63) is 29.8 Å². The summed E-state index contributed by atoms with van der Waals surface area (Å²) < 4.78 is 41.0. The topological polar surface area (TPSA) is 38.3 Å². The van der Waals surface area contributed by atoms with Gasteiger partial charge in [0.25, 0.3) is 0 Å². The highest BCUT2D eigenvalue weighted by atomic mass is 19.4. The zero-order valence-corrected chi connectivity index (χ0v) is 10.6. The molecule has 0 aliphatic heterocycles. The molecule has 0 heterocycles. The molecule has 0 saturated heterocycles. The third kappa shape index (κ3) is 6.69. The highest BCUT2D eigenvalue weighted by Crippen LogP contribution is 2.19. The Hall–Kier alpha value is -1.72. The van der Waals surface area contributed by atoms with Gasteiger partial charge in [0, 0.05) is 6.54 Å². The molecule has 1 N–H and O–H groups in total. The van der Waals surface area contributed by atoms with Gasteiger partial charge in [-0.05, 0) is 25.0 Å². The molecule has 0 aliphatic carbocycles. The molecule has 106 valence electrons. The molecule has 0 bridgehead atoms. The maximum absolute atomic E-state index is 11.9. The van der Waals surface area contributed by atoms with E-state index in [1.54, 1.807) is 0 Å². The van der Waals surface area contributed by atoms with E-state index in [1.807, 2.05) is 31.2 Å². The van der Waals surface area contributed by atoms with Crippen LogP contribution in [-0.4, -0.2) is 25.2 Å². The van der Waals surface area contributed by atoms with Crippen LogP contribution in [0.1, 0.15) is 18.4 Å². The van der Waals surface area contributed by atoms with Crippen LogP contribution in [0.5, 0.6) is 5.75 Å². The van der Waals surface area contributed by atoms with Crippen molar-refractivity contribution in [1.29, 1.82) is 0 Å². The number of ether oxygens (including phenoxy) is 1. The molecule has 3 nitrogen and oxygen atoms in total. The Morgan fingerprint density at radius 1 is 1.32 bits per heavy atom. The Morgan fingerprint density at radius 3 is 2.63 bits per heavy atom. The van der Waals surface area contributed by atoms with Crippen molar-refractivity contribution in [3.63, 3.8) is 0 Å². The molecule has 19 heavy (non-hydrogen) atoms. The molecule has 0 atom stereocenters. The van der Waals surface area contributed by atoms with Crippen molar-refractivity contribution < 1.29 is 22.7 Å². The monoisotopic (exact) mass is 275 g/mol. The van der Waals surface area contributed by atoms with Crippen LogP contribution in [0.25, 0.3) is 0 Å². The van der Waals surface area contributed by atoms with Crippen LogP contribution in [0.3, 0.4) is 0 Å². The smallest absolute Gasteiger partial charge is 0.397 e. The number of halogens is 3. The maximum atomic E-state index is 11.9. The van der Waals surface area contributed by atoms with Gasteiger partial charge in [0.05, 0.1) is 6.61 Å². The number of hydrogen-bond donors (Lipinski definition) is 1. The van der Waals surface area contributed by atoms with Gasteiger partial charge in [0.1, 0.15) is 12.2 Å². The molecular formula is C13H16F3NO2. The lowest BCUT2D eigenvalue weighted by atomic mass is 10.2. The second-order valence-electron chi connectivity index (χ2n) is 4.11. The number of carbonyl (C=O) groups is 1. The van der Waals surface area contributed by atoms with Crippen molar-refractivity contribution in [2.24, 2.45) is 0 Å². The van der Waals surface area contributed by atoms with Gasteiger partial charge in [-0.25, -0.2) is 0 Å². The maximum Gasteiger partial charge on any atom is 0.397 e. The summed E-state index contributed by atoms with van der Waals surface area (Å²) in [6, 6.07) is 7.45. The highest BCUT2D eigenvalue weighted by Gasteiger charge is 2.30. The SMILES string of the molecule is Cc1ccccc1OCCCNC(=O)CC(F)(F)F. The molecule has 0 aromatic heterocycles. The fourth-order valence-electron chi connectivity index (χ4n) is 1.45. The van der Waals surface area contributed by atoms with E-state index < -0.39 is 18.5 Å². The zero-order valence-electron chi connectivity index (χ0n) is 10.6. The second kappa shape index (κ2) is 7.01. The Bertz CT molecular complexity index is 419. The van der Waals surface area contributed by atoms with Crippen LogP contribution >= 0.6 is 0 Å². The Balaban J connectivity index is 2.15. The molecule has 0 unspecified atom stereocenters. The van der Waals surface area contributed by atoms with Gasteiger partial charge in [-0.3, -0.25) is 4.79 Å². The first-order chi connectivity index (χ1) is 8.88. The first-order valence-electron chi connectivity index (χ1n) is 5.90. The lowest BCUT2D eigenvalue weighted by Gasteiger charge is -2.10. The van der Waals surface area contributed by atoms with Crippen LogP contribution in [0.15, 0.2) is 24.3 Å². The number of amides is 1. The minimum atomic E-state index is -4.46. The molecule has 1 rings (SSSR count). The molecule has 1 amide bonds. The molecule has 1 aromatic rings.